The third-order valence-electron chi connectivity index (χ3n) is 8.79. The lowest BCUT2D eigenvalue weighted by molar-refractivity contribution is -0.119. The first-order valence-corrected chi connectivity index (χ1v) is 16.1. The first-order chi connectivity index (χ1) is 23.7. The second-order valence-electron chi connectivity index (χ2n) is 12.1. The molecule has 0 radical (unpaired) electrons. The van der Waals surface area contributed by atoms with Crippen LogP contribution in [0, 0.1) is 5.82 Å². The number of aliphatic imine (C=N–C) groups is 1. The number of para-hydroxylation sites is 1. The maximum atomic E-state index is 14.1. The van der Waals surface area contributed by atoms with Crippen molar-refractivity contribution < 1.29 is 23.8 Å². The summed E-state index contributed by atoms with van der Waals surface area (Å²) in [6, 6.07) is 26.1. The number of ether oxygens (including phenoxy) is 1. The average Bonchev–Trinajstić information content (AvgIpc) is 3.44. The number of aromatic nitrogens is 1. The van der Waals surface area contributed by atoms with Crippen molar-refractivity contribution in [2.45, 2.75) is 6.54 Å². The summed E-state index contributed by atoms with van der Waals surface area (Å²) in [5.41, 5.74) is 4.50. The van der Waals surface area contributed by atoms with Gasteiger partial charge in [-0.25, -0.2) is 9.38 Å². The summed E-state index contributed by atoms with van der Waals surface area (Å²) in [6.45, 7) is 4.17. The number of fused-ring (bicyclic) bond motifs is 1. The number of hydrogen-bond acceptors (Lipinski definition) is 7. The van der Waals surface area contributed by atoms with Crippen LogP contribution in [0.1, 0.15) is 27.0 Å². The number of piperazine rings is 1. The summed E-state index contributed by atoms with van der Waals surface area (Å²) in [7, 11) is 5.37. The number of carbonyl (C=O) groups is 2. The molecule has 3 N–H and O–H groups in total. The Morgan fingerprint density at radius 1 is 0.980 bits per heavy atom. The molecule has 1 aliphatic heterocycles. The van der Waals surface area contributed by atoms with Gasteiger partial charge < -0.3 is 29.9 Å². The summed E-state index contributed by atoms with van der Waals surface area (Å²) in [4.78, 5) is 40.0. The van der Waals surface area contributed by atoms with Gasteiger partial charge >= 0.3 is 0 Å². The molecule has 1 saturated heterocycles. The van der Waals surface area contributed by atoms with Crippen LogP contribution in [-0.2, 0) is 11.3 Å². The average molecular weight is 663 g/mol. The molecule has 4 aromatic carbocycles. The van der Waals surface area contributed by atoms with E-state index in [4.69, 9.17) is 9.73 Å². The molecule has 5 aromatic rings. The highest BCUT2D eigenvalue weighted by Gasteiger charge is 2.22. The number of nitrogens with one attached hydrogen (secondary N) is 2. The molecule has 6 rings (SSSR count). The van der Waals surface area contributed by atoms with E-state index in [1.54, 1.807) is 42.3 Å². The number of carbonyl (C=O) groups excluding carboxylic acids is 2. The van der Waals surface area contributed by atoms with E-state index >= 15 is 0 Å². The van der Waals surface area contributed by atoms with Crippen molar-refractivity contribution in [1.29, 1.82) is 0 Å². The van der Waals surface area contributed by atoms with Crippen LogP contribution in [0.15, 0.2) is 96.0 Å². The van der Waals surface area contributed by atoms with Gasteiger partial charge in [-0.05, 0) is 73.3 Å². The van der Waals surface area contributed by atoms with Crippen molar-refractivity contribution in [1.82, 2.24) is 20.1 Å². The van der Waals surface area contributed by atoms with Crippen LogP contribution >= 0.6 is 0 Å². The number of anilines is 1. The molecule has 11 heteroatoms. The molecule has 10 nitrogen and oxygen atoms in total. The molecule has 0 atom stereocenters. The molecule has 2 heterocycles. The molecule has 0 aliphatic carbocycles. The number of rotatable bonds is 10. The Morgan fingerprint density at radius 3 is 2.49 bits per heavy atom. The van der Waals surface area contributed by atoms with Crippen LogP contribution in [0.3, 0.4) is 0 Å². The number of benzene rings is 4. The van der Waals surface area contributed by atoms with Crippen molar-refractivity contribution in [2.24, 2.45) is 4.99 Å². The third-order valence-corrected chi connectivity index (χ3v) is 8.79. The lowest BCUT2D eigenvalue weighted by Gasteiger charge is -2.32. The molecule has 1 fully saturated rings. The van der Waals surface area contributed by atoms with Crippen LogP contribution in [-0.4, -0.2) is 91.3 Å². The van der Waals surface area contributed by atoms with Crippen LogP contribution in [0.2, 0.25) is 0 Å². The second kappa shape index (κ2) is 14.7. The summed E-state index contributed by atoms with van der Waals surface area (Å²) in [5, 5.41) is 14.6. The number of nitrogens with zero attached hydrogens (tertiary/aromatic N) is 4. The van der Waals surface area contributed by atoms with E-state index in [0.717, 1.165) is 37.4 Å². The van der Waals surface area contributed by atoms with Crippen molar-refractivity contribution >= 4 is 39.8 Å². The van der Waals surface area contributed by atoms with Crippen molar-refractivity contribution in [3.05, 3.63) is 119 Å². The number of likely N-dealkylation sites (N-methyl/N-ethyl adjacent to an activating group) is 2. The van der Waals surface area contributed by atoms with E-state index in [0.29, 0.717) is 51.3 Å². The van der Waals surface area contributed by atoms with Crippen molar-refractivity contribution in [2.75, 3.05) is 58.8 Å². The second-order valence-corrected chi connectivity index (χ2v) is 12.1. The zero-order valence-corrected chi connectivity index (χ0v) is 27.7. The lowest BCUT2D eigenvalue weighted by atomic mass is 9.99. The molecular formula is C38H39FN6O4. The quantitative estimate of drug-likeness (QED) is 0.174. The molecule has 0 saturated carbocycles. The predicted octanol–water partition coefficient (Wildman–Crippen LogP) is 5.33. The van der Waals surface area contributed by atoms with Crippen LogP contribution < -0.4 is 15.0 Å². The molecule has 0 bridgehead atoms. The fraction of sp³-hybridized carbons (Fsp3) is 0.237. The van der Waals surface area contributed by atoms with Gasteiger partial charge in [0.05, 0.1) is 41.7 Å². The van der Waals surface area contributed by atoms with Gasteiger partial charge in [0.25, 0.3) is 5.91 Å². The minimum absolute atomic E-state index is 0.00653. The number of methoxy groups -OCH3 is 1. The van der Waals surface area contributed by atoms with E-state index in [1.165, 1.54) is 19.2 Å². The summed E-state index contributed by atoms with van der Waals surface area (Å²) in [5.74, 6) is -0.383. The molecular weight excluding hydrogens is 623 g/mol. The number of H-pyrrole nitrogens is 1. The largest absolute Gasteiger partial charge is 0.496 e. The van der Waals surface area contributed by atoms with Crippen molar-refractivity contribution in [3.8, 4) is 11.6 Å². The molecule has 49 heavy (non-hydrogen) atoms. The van der Waals surface area contributed by atoms with E-state index < -0.39 is 5.82 Å². The molecule has 2 amide bonds. The highest BCUT2D eigenvalue weighted by Crippen LogP contribution is 2.32. The fourth-order valence-electron chi connectivity index (χ4n) is 5.93. The summed E-state index contributed by atoms with van der Waals surface area (Å²) < 4.78 is 19.5. The standard InChI is InChI=1S/C38H39FN6O4/c1-43-17-19-45(20-18-43)24-34(46)44(2)29-14-12-28(13-15-29)41-36(35-30-16-11-27(39)22-32(30)42-38(35)48)26-8-6-7-25(21-26)23-40-37(47)31-9-4-5-10-33(31)49-3/h4-16,21-22,42,48H,17-20,23-24H2,1-3H3,(H,40,47). The Balaban J connectivity index is 1.29. The topological polar surface area (TPSA) is 114 Å². The van der Waals surface area contributed by atoms with E-state index in [9.17, 15) is 19.1 Å². The first kappa shape index (κ1) is 33.4. The van der Waals surface area contributed by atoms with Gasteiger partial charge in [0.15, 0.2) is 5.88 Å². The van der Waals surface area contributed by atoms with Crippen LogP contribution in [0.25, 0.3) is 10.9 Å². The number of halogens is 1. The zero-order chi connectivity index (χ0) is 34.5. The van der Waals surface area contributed by atoms with Gasteiger partial charge in [-0.2, -0.15) is 0 Å². The number of aromatic amines is 1. The van der Waals surface area contributed by atoms with Gasteiger partial charge in [-0.15, -0.1) is 0 Å². The first-order valence-electron chi connectivity index (χ1n) is 16.1. The van der Waals surface area contributed by atoms with Gasteiger partial charge in [-0.3, -0.25) is 14.5 Å². The SMILES string of the molecule is COc1ccccc1C(=O)NCc1cccc(C(=Nc2ccc(N(C)C(=O)CN3CCN(C)CC3)cc2)c2c(O)[nH]c3cc(F)ccc23)c1. The highest BCUT2D eigenvalue weighted by molar-refractivity contribution is 6.22. The van der Waals surface area contributed by atoms with Gasteiger partial charge in [-0.1, -0.05) is 30.3 Å². The fourth-order valence-corrected chi connectivity index (χ4v) is 5.93. The molecule has 252 valence electrons. The Kier molecular flexibility index (Phi) is 10.0. The Hall–Kier alpha value is -5.52. The monoisotopic (exact) mass is 662 g/mol. The molecule has 1 aromatic heterocycles. The number of hydrogen-bond donors (Lipinski definition) is 3. The highest BCUT2D eigenvalue weighted by atomic mass is 19.1. The molecule has 0 spiro atoms. The Bertz CT molecular complexity index is 2000. The van der Waals surface area contributed by atoms with Gasteiger partial charge in [0.2, 0.25) is 5.91 Å². The maximum absolute atomic E-state index is 14.1. The molecule has 0 unspecified atom stereocenters. The minimum atomic E-state index is -0.437. The van der Waals surface area contributed by atoms with Crippen LogP contribution in [0.5, 0.6) is 11.6 Å². The van der Waals surface area contributed by atoms with E-state index in [2.05, 4.69) is 27.1 Å². The van der Waals surface area contributed by atoms with Gasteiger partial charge in [0, 0.05) is 56.4 Å². The van der Waals surface area contributed by atoms with E-state index in [1.807, 2.05) is 48.5 Å². The normalized spacial score (nSPS) is 14.2. The lowest BCUT2D eigenvalue weighted by Crippen LogP contribution is -2.48. The summed E-state index contributed by atoms with van der Waals surface area (Å²) in [6.07, 6.45) is 0. The number of amides is 2. The molecule has 1 aliphatic rings. The van der Waals surface area contributed by atoms with E-state index in [-0.39, 0.29) is 24.2 Å². The Morgan fingerprint density at radius 2 is 1.73 bits per heavy atom. The zero-order valence-electron chi connectivity index (χ0n) is 27.7. The third kappa shape index (κ3) is 7.64. The minimum Gasteiger partial charge on any atom is -0.496 e. The van der Waals surface area contributed by atoms with Crippen LogP contribution in [0.4, 0.5) is 15.8 Å². The Labute approximate surface area is 284 Å². The summed E-state index contributed by atoms with van der Waals surface area (Å²) >= 11 is 0. The number of aromatic hydroxyl groups is 1. The predicted molar refractivity (Wildman–Crippen MR) is 190 cm³/mol. The maximum Gasteiger partial charge on any atom is 0.255 e. The van der Waals surface area contributed by atoms with Crippen molar-refractivity contribution in [3.63, 3.8) is 0 Å². The van der Waals surface area contributed by atoms with Gasteiger partial charge in [0.1, 0.15) is 11.6 Å². The smallest absolute Gasteiger partial charge is 0.255 e.